The summed E-state index contributed by atoms with van der Waals surface area (Å²) in [5.41, 5.74) is 0. The van der Waals surface area contributed by atoms with Crippen molar-refractivity contribution < 1.29 is 24.5 Å². The Labute approximate surface area is 367 Å². The van der Waals surface area contributed by atoms with E-state index >= 15 is 0 Å². The van der Waals surface area contributed by atoms with Crippen LogP contribution in [0.2, 0.25) is 0 Å². The highest BCUT2D eigenvalue weighted by Crippen LogP contribution is 2.18. The molecule has 0 aromatic heterocycles. The minimum Gasteiger partial charge on any atom is -0.462 e. The van der Waals surface area contributed by atoms with Crippen LogP contribution >= 0.6 is 0 Å². The lowest BCUT2D eigenvalue weighted by molar-refractivity contribution is -0.151. The number of hydrogen-bond acceptors (Lipinski definition) is 5. The summed E-state index contributed by atoms with van der Waals surface area (Å²) in [4.78, 5) is 26.1. The van der Waals surface area contributed by atoms with E-state index in [4.69, 9.17) is 4.74 Å². The number of unbranched alkanes of at least 4 members (excludes halogenated alkanes) is 31. The highest BCUT2D eigenvalue weighted by molar-refractivity contribution is 5.77. The highest BCUT2D eigenvalue weighted by Gasteiger charge is 2.24. The van der Waals surface area contributed by atoms with E-state index in [1.165, 1.54) is 167 Å². The van der Waals surface area contributed by atoms with Crippen molar-refractivity contribution in [2.45, 2.75) is 296 Å². The van der Waals surface area contributed by atoms with Gasteiger partial charge >= 0.3 is 5.97 Å². The third kappa shape index (κ3) is 42.8. The number of carbonyl (C=O) groups excluding carboxylic acids is 2. The van der Waals surface area contributed by atoms with E-state index in [-0.39, 0.29) is 24.9 Å². The Hall–Kier alpha value is -1.66. The van der Waals surface area contributed by atoms with E-state index in [2.05, 4.69) is 50.4 Å². The Kier molecular flexibility index (Phi) is 46.1. The van der Waals surface area contributed by atoms with Crippen LogP contribution in [0.5, 0.6) is 0 Å². The number of aliphatic hydroxyl groups is 2. The number of rotatable bonds is 47. The summed E-state index contributed by atoms with van der Waals surface area (Å²) < 4.78 is 5.93. The standard InChI is InChI=1S/C53H101NO5/c1-4-7-10-13-16-19-22-24-25-26-27-28-30-32-35-38-41-44-49(59-53(58)46-43-40-37-34-31-23-20-17-14-11-8-5-2)47-52(57)54-50(48-55)51(56)45-42-39-36-33-29-21-18-15-12-9-6-3/h16,19,24-25,49-51,55-56H,4-15,17-18,20-23,26-48H2,1-3H3,(H,54,57)/b19-16-,25-24-. The second-order valence-corrected chi connectivity index (χ2v) is 17.9. The van der Waals surface area contributed by atoms with Gasteiger partial charge in [-0.25, -0.2) is 0 Å². The molecule has 0 bridgehead atoms. The summed E-state index contributed by atoms with van der Waals surface area (Å²) in [6.45, 7) is 6.46. The van der Waals surface area contributed by atoms with Gasteiger partial charge < -0.3 is 20.3 Å². The molecule has 0 fully saturated rings. The SMILES string of the molecule is CCCCC/C=C\C/C=C\CCCCCCCCCC(CC(=O)NC(CO)C(O)CCCCCCCCCCCCC)OC(=O)CCCCCCCCCCCCCC. The molecule has 59 heavy (non-hydrogen) atoms. The highest BCUT2D eigenvalue weighted by atomic mass is 16.5. The molecule has 0 rings (SSSR count). The van der Waals surface area contributed by atoms with Gasteiger partial charge in [-0.15, -0.1) is 0 Å². The van der Waals surface area contributed by atoms with Crippen LogP contribution in [0.1, 0.15) is 278 Å². The summed E-state index contributed by atoms with van der Waals surface area (Å²) in [6, 6.07) is -0.698. The second kappa shape index (κ2) is 47.4. The summed E-state index contributed by atoms with van der Waals surface area (Å²) in [5.74, 6) is -0.468. The largest absolute Gasteiger partial charge is 0.462 e. The smallest absolute Gasteiger partial charge is 0.306 e. The van der Waals surface area contributed by atoms with Crippen molar-refractivity contribution in [2.24, 2.45) is 0 Å². The molecule has 0 radical (unpaired) electrons. The van der Waals surface area contributed by atoms with Gasteiger partial charge in [0.15, 0.2) is 0 Å². The van der Waals surface area contributed by atoms with E-state index in [0.717, 1.165) is 64.2 Å². The van der Waals surface area contributed by atoms with Crippen LogP contribution in [0.4, 0.5) is 0 Å². The van der Waals surface area contributed by atoms with Crippen molar-refractivity contribution in [1.29, 1.82) is 0 Å². The monoisotopic (exact) mass is 832 g/mol. The normalized spacial score (nSPS) is 13.4. The molecule has 3 N–H and O–H groups in total. The maximum Gasteiger partial charge on any atom is 0.306 e. The molecule has 348 valence electrons. The van der Waals surface area contributed by atoms with E-state index in [1.54, 1.807) is 0 Å². The van der Waals surface area contributed by atoms with E-state index in [0.29, 0.717) is 19.3 Å². The van der Waals surface area contributed by atoms with Gasteiger partial charge in [-0.05, 0) is 57.8 Å². The molecule has 0 saturated carbocycles. The van der Waals surface area contributed by atoms with Crippen molar-refractivity contribution in [3.63, 3.8) is 0 Å². The average molecular weight is 832 g/mol. The lowest BCUT2D eigenvalue weighted by Gasteiger charge is -2.24. The summed E-state index contributed by atoms with van der Waals surface area (Å²) in [6.07, 6.45) is 53.7. The van der Waals surface area contributed by atoms with Crippen molar-refractivity contribution >= 4 is 11.9 Å². The molecule has 0 aromatic rings. The molecule has 0 aromatic carbocycles. The number of nitrogens with one attached hydrogen (secondary N) is 1. The van der Waals surface area contributed by atoms with Crippen molar-refractivity contribution in [3.8, 4) is 0 Å². The molecular formula is C53H101NO5. The van der Waals surface area contributed by atoms with Gasteiger partial charge in [0.25, 0.3) is 0 Å². The van der Waals surface area contributed by atoms with Crippen LogP contribution in [-0.4, -0.2) is 46.9 Å². The van der Waals surface area contributed by atoms with Crippen LogP contribution in [0.3, 0.4) is 0 Å². The Bertz CT molecular complexity index is 935. The van der Waals surface area contributed by atoms with Crippen LogP contribution in [0, 0.1) is 0 Å². The van der Waals surface area contributed by atoms with Gasteiger partial charge in [-0.3, -0.25) is 9.59 Å². The lowest BCUT2D eigenvalue weighted by atomic mass is 10.0. The maximum atomic E-state index is 13.2. The zero-order valence-electron chi connectivity index (χ0n) is 39.7. The van der Waals surface area contributed by atoms with Crippen molar-refractivity contribution in [1.82, 2.24) is 5.32 Å². The fourth-order valence-corrected chi connectivity index (χ4v) is 8.05. The fraction of sp³-hybridized carbons (Fsp3) is 0.887. The Morgan fingerprint density at radius 2 is 0.864 bits per heavy atom. The number of allylic oxidation sites excluding steroid dienone is 4. The van der Waals surface area contributed by atoms with Crippen LogP contribution in [0.25, 0.3) is 0 Å². The number of esters is 1. The van der Waals surface area contributed by atoms with E-state index in [9.17, 15) is 19.8 Å². The molecule has 0 aliphatic heterocycles. The van der Waals surface area contributed by atoms with Crippen LogP contribution in [0.15, 0.2) is 24.3 Å². The fourth-order valence-electron chi connectivity index (χ4n) is 8.05. The third-order valence-corrected chi connectivity index (χ3v) is 12.0. The maximum absolute atomic E-state index is 13.2. The Balaban J connectivity index is 4.57. The molecule has 0 heterocycles. The summed E-state index contributed by atoms with van der Waals surface area (Å²) >= 11 is 0. The number of aliphatic hydroxyl groups excluding tert-OH is 2. The molecule has 0 aliphatic carbocycles. The molecule has 0 spiro atoms. The van der Waals surface area contributed by atoms with Gasteiger partial charge in [0.05, 0.1) is 25.2 Å². The predicted molar refractivity (Wildman–Crippen MR) is 255 cm³/mol. The predicted octanol–water partition coefficient (Wildman–Crippen LogP) is 15.5. The minimum atomic E-state index is -0.785. The number of hydrogen-bond donors (Lipinski definition) is 3. The molecular weight excluding hydrogens is 731 g/mol. The quantitative estimate of drug-likeness (QED) is 0.0322. The number of amides is 1. The molecule has 3 unspecified atom stereocenters. The topological polar surface area (TPSA) is 95.9 Å². The summed E-state index contributed by atoms with van der Waals surface area (Å²) in [5, 5.41) is 23.7. The molecule has 1 amide bonds. The lowest BCUT2D eigenvalue weighted by Crippen LogP contribution is -2.46. The van der Waals surface area contributed by atoms with Crippen molar-refractivity contribution in [2.75, 3.05) is 6.61 Å². The Morgan fingerprint density at radius 1 is 0.492 bits per heavy atom. The second-order valence-electron chi connectivity index (χ2n) is 17.9. The zero-order chi connectivity index (χ0) is 43.1. The average Bonchev–Trinajstić information content (AvgIpc) is 3.23. The van der Waals surface area contributed by atoms with E-state index in [1.807, 2.05) is 0 Å². The van der Waals surface area contributed by atoms with Gasteiger partial charge in [0.2, 0.25) is 5.91 Å². The van der Waals surface area contributed by atoms with Crippen molar-refractivity contribution in [3.05, 3.63) is 24.3 Å². The first-order valence-corrected chi connectivity index (χ1v) is 26.1. The summed E-state index contributed by atoms with van der Waals surface area (Å²) in [7, 11) is 0. The first-order valence-electron chi connectivity index (χ1n) is 26.1. The van der Waals surface area contributed by atoms with Gasteiger partial charge in [-0.1, -0.05) is 231 Å². The van der Waals surface area contributed by atoms with E-state index < -0.39 is 18.2 Å². The molecule has 6 nitrogen and oxygen atoms in total. The minimum absolute atomic E-state index is 0.0774. The third-order valence-electron chi connectivity index (χ3n) is 12.0. The van der Waals surface area contributed by atoms with Gasteiger partial charge in [0, 0.05) is 6.42 Å². The van der Waals surface area contributed by atoms with Gasteiger partial charge in [0.1, 0.15) is 6.10 Å². The van der Waals surface area contributed by atoms with Crippen LogP contribution in [-0.2, 0) is 14.3 Å². The van der Waals surface area contributed by atoms with Gasteiger partial charge in [-0.2, -0.15) is 0 Å². The van der Waals surface area contributed by atoms with Crippen LogP contribution < -0.4 is 5.32 Å². The first kappa shape index (κ1) is 57.3. The Morgan fingerprint density at radius 3 is 1.32 bits per heavy atom. The zero-order valence-corrected chi connectivity index (χ0v) is 39.7. The molecule has 0 saturated heterocycles. The molecule has 0 aliphatic rings. The number of ether oxygens (including phenoxy) is 1. The number of carbonyl (C=O) groups is 2. The molecule has 6 heteroatoms. The molecule has 3 atom stereocenters. The first-order chi connectivity index (χ1) is 29.0.